The van der Waals surface area contributed by atoms with Gasteiger partial charge >= 0.3 is 0 Å². The molecule has 2 unspecified atom stereocenters. The normalized spacial score (nSPS) is 15.4. The lowest BCUT2D eigenvalue weighted by Gasteiger charge is -2.17. The highest BCUT2D eigenvalue weighted by Gasteiger charge is 2.13. The zero-order valence-corrected chi connectivity index (χ0v) is 9.40. The molecule has 0 saturated heterocycles. The van der Waals surface area contributed by atoms with Crippen molar-refractivity contribution in [3.05, 3.63) is 18.2 Å². The number of nitrogens with two attached hydrogens (primary N) is 1. The average molecular weight is 195 g/mol. The van der Waals surface area contributed by atoms with E-state index in [4.69, 9.17) is 5.73 Å². The zero-order valence-electron chi connectivity index (χ0n) is 9.40. The van der Waals surface area contributed by atoms with E-state index < -0.39 is 0 Å². The summed E-state index contributed by atoms with van der Waals surface area (Å²) in [4.78, 5) is 4.37. The molecule has 80 valence electrons. The smallest absolute Gasteiger partial charge is 0.108 e. The second-order valence-electron chi connectivity index (χ2n) is 4.02. The van der Waals surface area contributed by atoms with Gasteiger partial charge in [0.15, 0.2) is 0 Å². The fourth-order valence-electron chi connectivity index (χ4n) is 1.54. The van der Waals surface area contributed by atoms with Gasteiger partial charge in [0.05, 0.1) is 0 Å². The van der Waals surface area contributed by atoms with Crippen LogP contribution in [0.25, 0.3) is 0 Å². The first-order chi connectivity index (χ1) is 6.69. The van der Waals surface area contributed by atoms with Gasteiger partial charge in [0.25, 0.3) is 0 Å². The molecular formula is C11H21N3. The van der Waals surface area contributed by atoms with E-state index in [1.165, 1.54) is 5.82 Å². The summed E-state index contributed by atoms with van der Waals surface area (Å²) in [6.45, 7) is 8.34. The van der Waals surface area contributed by atoms with Crippen molar-refractivity contribution in [2.24, 2.45) is 17.6 Å². The van der Waals surface area contributed by atoms with Crippen molar-refractivity contribution in [1.29, 1.82) is 0 Å². The Morgan fingerprint density at radius 3 is 2.71 bits per heavy atom. The van der Waals surface area contributed by atoms with Gasteiger partial charge in [-0.3, -0.25) is 0 Å². The van der Waals surface area contributed by atoms with Crippen LogP contribution in [0.3, 0.4) is 0 Å². The molecule has 1 aromatic heterocycles. The predicted octanol–water partition coefficient (Wildman–Crippen LogP) is 1.68. The van der Waals surface area contributed by atoms with Crippen molar-refractivity contribution >= 4 is 0 Å². The van der Waals surface area contributed by atoms with Crippen LogP contribution in [-0.2, 0) is 13.0 Å². The van der Waals surface area contributed by atoms with E-state index in [9.17, 15) is 0 Å². The summed E-state index contributed by atoms with van der Waals surface area (Å²) in [7, 11) is 0. The minimum absolute atomic E-state index is 0.567. The van der Waals surface area contributed by atoms with E-state index in [1.54, 1.807) is 0 Å². The second-order valence-corrected chi connectivity index (χ2v) is 4.02. The highest BCUT2D eigenvalue weighted by molar-refractivity contribution is 4.94. The summed E-state index contributed by atoms with van der Waals surface area (Å²) in [5.41, 5.74) is 5.65. The molecule has 0 aliphatic carbocycles. The van der Waals surface area contributed by atoms with Crippen LogP contribution in [0.15, 0.2) is 12.4 Å². The molecule has 0 bridgehead atoms. The standard InChI is InChI=1S/C11H21N3/c1-4-14-6-5-13-11(14)7-9(2)10(3)8-12/h5-6,9-10H,4,7-8,12H2,1-3H3. The topological polar surface area (TPSA) is 43.8 Å². The molecule has 0 spiro atoms. The minimum Gasteiger partial charge on any atom is -0.335 e. The van der Waals surface area contributed by atoms with Crippen LogP contribution in [-0.4, -0.2) is 16.1 Å². The first-order valence-corrected chi connectivity index (χ1v) is 5.39. The van der Waals surface area contributed by atoms with Gasteiger partial charge in [-0.2, -0.15) is 0 Å². The predicted molar refractivity (Wildman–Crippen MR) is 59.0 cm³/mol. The molecule has 0 aliphatic rings. The molecule has 0 aromatic carbocycles. The molecule has 14 heavy (non-hydrogen) atoms. The Bertz CT molecular complexity index is 267. The molecule has 0 aliphatic heterocycles. The Balaban J connectivity index is 2.59. The summed E-state index contributed by atoms with van der Waals surface area (Å²) < 4.78 is 2.19. The number of hydrogen-bond acceptors (Lipinski definition) is 2. The van der Waals surface area contributed by atoms with E-state index in [0.29, 0.717) is 11.8 Å². The second kappa shape index (κ2) is 5.15. The quantitative estimate of drug-likeness (QED) is 0.776. The van der Waals surface area contributed by atoms with Crippen LogP contribution in [0, 0.1) is 11.8 Å². The van der Waals surface area contributed by atoms with E-state index in [-0.39, 0.29) is 0 Å². The van der Waals surface area contributed by atoms with Crippen molar-refractivity contribution < 1.29 is 0 Å². The number of hydrogen-bond donors (Lipinski definition) is 1. The summed E-state index contributed by atoms with van der Waals surface area (Å²) in [6.07, 6.45) is 4.94. The molecule has 1 heterocycles. The zero-order chi connectivity index (χ0) is 10.6. The minimum atomic E-state index is 0.567. The van der Waals surface area contributed by atoms with Crippen molar-refractivity contribution in [2.45, 2.75) is 33.7 Å². The Morgan fingerprint density at radius 1 is 1.43 bits per heavy atom. The molecule has 2 N–H and O–H groups in total. The van der Waals surface area contributed by atoms with Crippen molar-refractivity contribution in [2.75, 3.05) is 6.54 Å². The van der Waals surface area contributed by atoms with Gasteiger partial charge in [0, 0.05) is 25.4 Å². The van der Waals surface area contributed by atoms with Crippen LogP contribution in [0.1, 0.15) is 26.6 Å². The Morgan fingerprint density at radius 2 is 2.14 bits per heavy atom. The summed E-state index contributed by atoms with van der Waals surface area (Å²) >= 11 is 0. The van der Waals surface area contributed by atoms with Crippen LogP contribution < -0.4 is 5.73 Å². The van der Waals surface area contributed by atoms with Gasteiger partial charge in [0.2, 0.25) is 0 Å². The maximum atomic E-state index is 5.65. The molecule has 0 amide bonds. The highest BCUT2D eigenvalue weighted by atomic mass is 15.0. The lowest BCUT2D eigenvalue weighted by molar-refractivity contribution is 0.382. The lowest BCUT2D eigenvalue weighted by atomic mass is 9.93. The largest absolute Gasteiger partial charge is 0.335 e. The van der Waals surface area contributed by atoms with E-state index in [0.717, 1.165) is 19.5 Å². The maximum absolute atomic E-state index is 5.65. The molecule has 1 aromatic rings. The fourth-order valence-corrected chi connectivity index (χ4v) is 1.54. The van der Waals surface area contributed by atoms with Crippen molar-refractivity contribution in [1.82, 2.24) is 9.55 Å². The van der Waals surface area contributed by atoms with Gasteiger partial charge in [-0.25, -0.2) is 4.98 Å². The van der Waals surface area contributed by atoms with E-state index in [1.807, 2.05) is 12.4 Å². The molecule has 0 radical (unpaired) electrons. The Labute approximate surface area is 86.3 Å². The number of rotatable bonds is 5. The number of imidazole rings is 1. The first kappa shape index (κ1) is 11.2. The van der Waals surface area contributed by atoms with Crippen molar-refractivity contribution in [3.8, 4) is 0 Å². The molecule has 0 saturated carbocycles. The van der Waals surface area contributed by atoms with Gasteiger partial charge in [0.1, 0.15) is 5.82 Å². The fraction of sp³-hybridized carbons (Fsp3) is 0.727. The van der Waals surface area contributed by atoms with Crippen LogP contribution in [0.2, 0.25) is 0 Å². The van der Waals surface area contributed by atoms with Gasteiger partial charge in [-0.15, -0.1) is 0 Å². The third-order valence-electron chi connectivity index (χ3n) is 2.99. The maximum Gasteiger partial charge on any atom is 0.108 e. The molecule has 1 rings (SSSR count). The van der Waals surface area contributed by atoms with Gasteiger partial charge in [-0.1, -0.05) is 13.8 Å². The number of aryl methyl sites for hydroxylation is 1. The van der Waals surface area contributed by atoms with Crippen LogP contribution >= 0.6 is 0 Å². The molecule has 2 atom stereocenters. The summed E-state index contributed by atoms with van der Waals surface area (Å²) in [5, 5.41) is 0. The monoisotopic (exact) mass is 195 g/mol. The molecular weight excluding hydrogens is 174 g/mol. The summed E-state index contributed by atoms with van der Waals surface area (Å²) in [5.74, 6) is 2.35. The molecule has 3 nitrogen and oxygen atoms in total. The Hall–Kier alpha value is -0.830. The molecule has 0 fully saturated rings. The SMILES string of the molecule is CCn1ccnc1CC(C)C(C)CN. The van der Waals surface area contributed by atoms with E-state index in [2.05, 4.69) is 30.3 Å². The number of aromatic nitrogens is 2. The van der Waals surface area contributed by atoms with Crippen LogP contribution in [0.4, 0.5) is 0 Å². The summed E-state index contributed by atoms with van der Waals surface area (Å²) in [6, 6.07) is 0. The van der Waals surface area contributed by atoms with Crippen molar-refractivity contribution in [3.63, 3.8) is 0 Å². The van der Waals surface area contributed by atoms with Gasteiger partial charge < -0.3 is 10.3 Å². The Kier molecular flexibility index (Phi) is 4.14. The number of nitrogens with zero attached hydrogens (tertiary/aromatic N) is 2. The third-order valence-corrected chi connectivity index (χ3v) is 2.99. The lowest BCUT2D eigenvalue weighted by Crippen LogP contribution is -2.21. The average Bonchev–Trinajstić information content (AvgIpc) is 2.63. The first-order valence-electron chi connectivity index (χ1n) is 5.39. The third kappa shape index (κ3) is 2.58. The molecule has 3 heteroatoms. The van der Waals surface area contributed by atoms with Crippen LogP contribution in [0.5, 0.6) is 0 Å². The highest BCUT2D eigenvalue weighted by Crippen LogP contribution is 2.15. The van der Waals surface area contributed by atoms with Gasteiger partial charge in [-0.05, 0) is 25.3 Å². The van der Waals surface area contributed by atoms with E-state index >= 15 is 0 Å².